The third-order valence-electron chi connectivity index (χ3n) is 3.62. The predicted octanol–water partition coefficient (Wildman–Crippen LogP) is 2.83. The summed E-state index contributed by atoms with van der Waals surface area (Å²) in [6, 6.07) is 6.81. The molecule has 1 aliphatic rings. The van der Waals surface area contributed by atoms with E-state index in [1.54, 1.807) is 24.3 Å². The summed E-state index contributed by atoms with van der Waals surface area (Å²) < 4.78 is 41.7. The molecular formula is C15H20F3NO2. The zero-order valence-corrected chi connectivity index (χ0v) is 11.8. The van der Waals surface area contributed by atoms with Gasteiger partial charge in [-0.2, -0.15) is 13.2 Å². The molecule has 3 nitrogen and oxygen atoms in total. The third kappa shape index (κ3) is 5.21. The van der Waals surface area contributed by atoms with E-state index in [9.17, 15) is 18.3 Å². The van der Waals surface area contributed by atoms with Crippen LogP contribution in [0.4, 0.5) is 13.2 Å². The molecule has 1 atom stereocenters. The Morgan fingerprint density at radius 1 is 1.29 bits per heavy atom. The maximum Gasteiger partial charge on any atom is 0.422 e. The fraction of sp³-hybridized carbons (Fsp3) is 0.600. The molecule has 1 unspecified atom stereocenters. The van der Waals surface area contributed by atoms with Gasteiger partial charge >= 0.3 is 6.18 Å². The van der Waals surface area contributed by atoms with Gasteiger partial charge in [-0.15, -0.1) is 0 Å². The number of aliphatic hydroxyl groups is 1. The first-order valence-electron chi connectivity index (χ1n) is 7.08. The van der Waals surface area contributed by atoms with Gasteiger partial charge in [0.2, 0.25) is 0 Å². The first-order chi connectivity index (χ1) is 9.98. The fourth-order valence-corrected chi connectivity index (χ4v) is 2.62. The summed E-state index contributed by atoms with van der Waals surface area (Å²) in [4.78, 5) is 2.15. The maximum atomic E-state index is 12.3. The average Bonchev–Trinajstić information content (AvgIpc) is 2.46. The largest absolute Gasteiger partial charge is 0.484 e. The summed E-state index contributed by atoms with van der Waals surface area (Å²) in [5.74, 6) is 0.531. The van der Waals surface area contributed by atoms with E-state index in [1.165, 1.54) is 0 Å². The first kappa shape index (κ1) is 16.1. The van der Waals surface area contributed by atoms with E-state index >= 15 is 0 Å². The van der Waals surface area contributed by atoms with E-state index < -0.39 is 12.8 Å². The Hall–Kier alpha value is -1.27. The van der Waals surface area contributed by atoms with E-state index in [0.717, 1.165) is 31.5 Å². The molecule has 1 saturated heterocycles. The van der Waals surface area contributed by atoms with Crippen LogP contribution in [0, 0.1) is 5.92 Å². The summed E-state index contributed by atoms with van der Waals surface area (Å²) in [5, 5.41) is 9.23. The molecule has 0 radical (unpaired) electrons. The summed E-state index contributed by atoms with van der Waals surface area (Å²) in [6.45, 7) is 1.09. The van der Waals surface area contributed by atoms with E-state index in [4.69, 9.17) is 4.74 Å². The number of hydrogen-bond donors (Lipinski definition) is 1. The molecule has 2 rings (SSSR count). The van der Waals surface area contributed by atoms with Gasteiger partial charge in [0.1, 0.15) is 5.75 Å². The minimum Gasteiger partial charge on any atom is -0.484 e. The Balaban J connectivity index is 1.99. The molecule has 0 saturated carbocycles. The standard InChI is InChI=1S/C15H20F3NO2/c16-15(17,18)11-21-14-6-2-1-5-13(14)9-19-7-3-4-12(8-19)10-20/h1-2,5-6,12,20H,3-4,7-11H2. The highest BCUT2D eigenvalue weighted by atomic mass is 19.4. The van der Waals surface area contributed by atoms with Crippen LogP contribution < -0.4 is 4.74 Å². The highest BCUT2D eigenvalue weighted by Gasteiger charge is 2.29. The molecule has 1 heterocycles. The van der Waals surface area contributed by atoms with Gasteiger partial charge in [-0.25, -0.2) is 0 Å². The van der Waals surface area contributed by atoms with Gasteiger partial charge in [0.15, 0.2) is 6.61 Å². The molecule has 1 aromatic rings. The lowest BCUT2D eigenvalue weighted by atomic mass is 9.98. The molecule has 0 amide bonds. The Labute approximate surface area is 122 Å². The van der Waals surface area contributed by atoms with Crippen molar-refractivity contribution in [3.8, 4) is 5.75 Å². The van der Waals surface area contributed by atoms with Crippen molar-refractivity contribution in [2.45, 2.75) is 25.6 Å². The molecule has 1 fully saturated rings. The van der Waals surface area contributed by atoms with E-state index in [1.807, 2.05) is 0 Å². The van der Waals surface area contributed by atoms with E-state index in [2.05, 4.69) is 4.90 Å². The van der Waals surface area contributed by atoms with Crippen molar-refractivity contribution in [3.63, 3.8) is 0 Å². The number of rotatable bonds is 5. The number of ether oxygens (including phenoxy) is 1. The Bertz CT molecular complexity index is 451. The number of alkyl halides is 3. The van der Waals surface area contributed by atoms with Crippen LogP contribution >= 0.6 is 0 Å². The highest BCUT2D eigenvalue weighted by molar-refractivity contribution is 5.33. The van der Waals surface area contributed by atoms with E-state index in [0.29, 0.717) is 6.54 Å². The van der Waals surface area contributed by atoms with E-state index in [-0.39, 0.29) is 18.3 Å². The van der Waals surface area contributed by atoms with Crippen LogP contribution in [0.3, 0.4) is 0 Å². The summed E-state index contributed by atoms with van der Waals surface area (Å²) in [6.07, 6.45) is -2.34. The molecule has 118 valence electrons. The molecular weight excluding hydrogens is 283 g/mol. The number of piperidine rings is 1. The zero-order chi connectivity index (χ0) is 15.3. The second kappa shape index (κ2) is 7.13. The smallest absolute Gasteiger partial charge is 0.422 e. The topological polar surface area (TPSA) is 32.7 Å². The summed E-state index contributed by atoms with van der Waals surface area (Å²) >= 11 is 0. The lowest BCUT2D eigenvalue weighted by Gasteiger charge is -2.32. The van der Waals surface area contributed by atoms with Crippen molar-refractivity contribution < 1.29 is 23.0 Å². The fourth-order valence-electron chi connectivity index (χ4n) is 2.62. The lowest BCUT2D eigenvalue weighted by Crippen LogP contribution is -2.36. The average molecular weight is 303 g/mol. The van der Waals surface area contributed by atoms with Gasteiger partial charge in [0.05, 0.1) is 0 Å². The van der Waals surface area contributed by atoms with Gasteiger partial charge in [-0.3, -0.25) is 4.90 Å². The molecule has 1 aliphatic heterocycles. The van der Waals surface area contributed by atoms with Crippen LogP contribution in [-0.4, -0.2) is 42.5 Å². The van der Waals surface area contributed by atoms with Crippen molar-refractivity contribution >= 4 is 0 Å². The van der Waals surface area contributed by atoms with Crippen LogP contribution in [0.25, 0.3) is 0 Å². The van der Waals surface area contributed by atoms with Crippen LogP contribution in [0.5, 0.6) is 5.75 Å². The second-order valence-corrected chi connectivity index (χ2v) is 5.44. The Morgan fingerprint density at radius 2 is 2.05 bits per heavy atom. The molecule has 21 heavy (non-hydrogen) atoms. The molecule has 0 spiro atoms. The van der Waals surface area contributed by atoms with Crippen LogP contribution in [0.1, 0.15) is 18.4 Å². The summed E-state index contributed by atoms with van der Waals surface area (Å²) in [5.41, 5.74) is 0.750. The van der Waals surface area contributed by atoms with Gasteiger partial charge in [-0.05, 0) is 31.4 Å². The molecule has 0 aliphatic carbocycles. The number of para-hydroxylation sites is 1. The van der Waals surface area contributed by atoms with Crippen LogP contribution in [0.15, 0.2) is 24.3 Å². The van der Waals surface area contributed by atoms with Crippen LogP contribution in [0.2, 0.25) is 0 Å². The van der Waals surface area contributed by atoms with Crippen molar-refractivity contribution in [2.75, 3.05) is 26.3 Å². The second-order valence-electron chi connectivity index (χ2n) is 5.44. The molecule has 0 bridgehead atoms. The van der Waals surface area contributed by atoms with Crippen molar-refractivity contribution in [1.29, 1.82) is 0 Å². The minimum atomic E-state index is -4.33. The first-order valence-corrected chi connectivity index (χ1v) is 7.08. The highest BCUT2D eigenvalue weighted by Crippen LogP contribution is 2.25. The quantitative estimate of drug-likeness (QED) is 0.908. The zero-order valence-electron chi connectivity index (χ0n) is 11.8. The predicted molar refractivity (Wildman–Crippen MR) is 73.1 cm³/mol. The Morgan fingerprint density at radius 3 is 2.76 bits per heavy atom. The number of hydrogen-bond acceptors (Lipinski definition) is 3. The summed E-state index contributed by atoms with van der Waals surface area (Å²) in [7, 11) is 0. The molecule has 6 heteroatoms. The van der Waals surface area contributed by atoms with Crippen LogP contribution in [-0.2, 0) is 6.54 Å². The van der Waals surface area contributed by atoms with Crippen molar-refractivity contribution in [1.82, 2.24) is 4.90 Å². The Kier molecular flexibility index (Phi) is 5.47. The van der Waals surface area contributed by atoms with Gasteiger partial charge in [-0.1, -0.05) is 18.2 Å². The normalized spacial score (nSPS) is 20.5. The van der Waals surface area contributed by atoms with Crippen molar-refractivity contribution in [2.24, 2.45) is 5.92 Å². The number of aliphatic hydroxyl groups excluding tert-OH is 1. The SMILES string of the molecule is OCC1CCCN(Cc2ccccc2OCC(F)(F)F)C1. The molecule has 1 N–H and O–H groups in total. The van der Waals surface area contributed by atoms with Gasteiger partial charge in [0.25, 0.3) is 0 Å². The molecule has 1 aromatic carbocycles. The number of halogens is 3. The number of likely N-dealkylation sites (tertiary alicyclic amines) is 1. The third-order valence-corrected chi connectivity index (χ3v) is 3.62. The number of benzene rings is 1. The van der Waals surface area contributed by atoms with Gasteiger partial charge in [0, 0.05) is 25.3 Å². The lowest BCUT2D eigenvalue weighted by molar-refractivity contribution is -0.153. The monoisotopic (exact) mass is 303 g/mol. The maximum absolute atomic E-state index is 12.3. The van der Waals surface area contributed by atoms with Crippen molar-refractivity contribution in [3.05, 3.63) is 29.8 Å². The number of nitrogens with zero attached hydrogens (tertiary/aromatic N) is 1. The minimum absolute atomic E-state index is 0.155. The van der Waals surface area contributed by atoms with Gasteiger partial charge < -0.3 is 9.84 Å². The molecule has 0 aromatic heterocycles.